The van der Waals surface area contributed by atoms with Crippen molar-refractivity contribution in [1.82, 2.24) is 5.43 Å². The number of anilines is 1. The number of carbonyl (C=O) groups excluding carboxylic acids is 3. The molecule has 0 saturated carbocycles. The molecular formula is C14H13N3O4. The Morgan fingerprint density at radius 1 is 1.33 bits per heavy atom. The van der Waals surface area contributed by atoms with E-state index in [1.54, 1.807) is 18.2 Å². The van der Waals surface area contributed by atoms with Gasteiger partial charge in [0.1, 0.15) is 12.0 Å². The van der Waals surface area contributed by atoms with E-state index in [0.29, 0.717) is 5.69 Å². The van der Waals surface area contributed by atoms with E-state index in [1.807, 2.05) is 13.0 Å². The Hall–Kier alpha value is -2.70. The number of nitrogens with one attached hydrogen (secondary N) is 1. The third-order valence-electron chi connectivity index (χ3n) is 3.58. The Morgan fingerprint density at radius 2 is 2.10 bits per heavy atom. The van der Waals surface area contributed by atoms with Crippen LogP contribution in [-0.4, -0.2) is 36.6 Å². The van der Waals surface area contributed by atoms with E-state index >= 15 is 0 Å². The Bertz CT molecular complexity index is 683. The summed E-state index contributed by atoms with van der Waals surface area (Å²) in [4.78, 5) is 37.6. The second-order valence-corrected chi connectivity index (χ2v) is 4.92. The summed E-state index contributed by atoms with van der Waals surface area (Å²) in [5.41, 5.74) is 3.92. The molecular weight excluding hydrogens is 274 g/mol. The number of ether oxygens (including phenoxy) is 1. The zero-order valence-electron chi connectivity index (χ0n) is 11.5. The maximum Gasteiger partial charge on any atom is 0.355 e. The molecule has 3 rings (SSSR count). The van der Waals surface area contributed by atoms with Crippen molar-refractivity contribution in [2.24, 2.45) is 11.0 Å². The van der Waals surface area contributed by atoms with Crippen molar-refractivity contribution >= 4 is 29.2 Å². The van der Waals surface area contributed by atoms with Gasteiger partial charge in [-0.1, -0.05) is 12.1 Å². The van der Waals surface area contributed by atoms with Crippen LogP contribution in [-0.2, 0) is 19.1 Å². The molecule has 7 nitrogen and oxygen atoms in total. The van der Waals surface area contributed by atoms with Gasteiger partial charge in [-0.3, -0.25) is 15.0 Å². The van der Waals surface area contributed by atoms with Gasteiger partial charge in [-0.05, 0) is 24.6 Å². The van der Waals surface area contributed by atoms with Gasteiger partial charge in [0.05, 0.1) is 12.8 Å². The van der Waals surface area contributed by atoms with Gasteiger partial charge in [-0.15, -0.1) is 0 Å². The number of amides is 2. The van der Waals surface area contributed by atoms with Crippen molar-refractivity contribution in [2.45, 2.75) is 13.0 Å². The zero-order valence-corrected chi connectivity index (χ0v) is 11.5. The molecule has 1 aromatic carbocycles. The van der Waals surface area contributed by atoms with Crippen molar-refractivity contribution in [3.05, 3.63) is 29.8 Å². The second-order valence-electron chi connectivity index (χ2n) is 4.92. The quantitative estimate of drug-likeness (QED) is 0.610. The molecule has 0 bridgehead atoms. The lowest BCUT2D eigenvalue weighted by Crippen LogP contribution is -2.36. The maximum atomic E-state index is 12.5. The Balaban J connectivity index is 1.98. The Kier molecular flexibility index (Phi) is 2.97. The Morgan fingerprint density at radius 3 is 2.76 bits per heavy atom. The minimum absolute atomic E-state index is 0.0593. The fourth-order valence-corrected chi connectivity index (χ4v) is 2.58. The minimum Gasteiger partial charge on any atom is -0.464 e. The first-order chi connectivity index (χ1) is 10.0. The monoisotopic (exact) mass is 287 g/mol. The lowest BCUT2D eigenvalue weighted by Gasteiger charge is -2.16. The normalized spacial score (nSPS) is 23.7. The Labute approximate surface area is 120 Å². The summed E-state index contributed by atoms with van der Waals surface area (Å²) < 4.78 is 4.59. The molecule has 0 aliphatic carbocycles. The van der Waals surface area contributed by atoms with Crippen LogP contribution in [0.15, 0.2) is 29.4 Å². The highest BCUT2D eigenvalue weighted by Crippen LogP contribution is 2.31. The first-order valence-electron chi connectivity index (χ1n) is 6.40. The van der Waals surface area contributed by atoms with Crippen molar-refractivity contribution < 1.29 is 19.1 Å². The van der Waals surface area contributed by atoms with Gasteiger partial charge in [-0.25, -0.2) is 9.69 Å². The smallest absolute Gasteiger partial charge is 0.355 e. The van der Waals surface area contributed by atoms with Crippen LogP contribution in [0.3, 0.4) is 0 Å². The molecule has 2 heterocycles. The van der Waals surface area contributed by atoms with Crippen molar-refractivity contribution in [2.75, 3.05) is 12.0 Å². The molecule has 0 spiro atoms. The number of hydrazone groups is 1. The predicted molar refractivity (Wildman–Crippen MR) is 73.5 cm³/mol. The number of fused-ring (bicyclic) bond motifs is 1. The highest BCUT2D eigenvalue weighted by molar-refractivity contribution is 6.46. The first kappa shape index (κ1) is 13.3. The average Bonchev–Trinajstić information content (AvgIpc) is 3.00. The second kappa shape index (κ2) is 4.69. The summed E-state index contributed by atoms with van der Waals surface area (Å²) in [5, 5.41) is 3.76. The van der Waals surface area contributed by atoms with Crippen molar-refractivity contribution in [1.29, 1.82) is 0 Å². The lowest BCUT2D eigenvalue weighted by atomic mass is 9.99. The lowest BCUT2D eigenvalue weighted by molar-refractivity contribution is -0.133. The molecule has 0 radical (unpaired) electrons. The molecule has 1 N–H and O–H groups in total. The number of rotatable bonds is 2. The summed E-state index contributed by atoms with van der Waals surface area (Å²) in [6.07, 6.45) is 0. The first-order valence-corrected chi connectivity index (χ1v) is 6.40. The van der Waals surface area contributed by atoms with E-state index in [1.165, 1.54) is 7.11 Å². The third-order valence-corrected chi connectivity index (χ3v) is 3.58. The van der Waals surface area contributed by atoms with Crippen LogP contribution in [0.2, 0.25) is 0 Å². The number of hydrogen-bond acceptors (Lipinski definition) is 6. The molecule has 21 heavy (non-hydrogen) atoms. The molecule has 2 aliphatic rings. The zero-order chi connectivity index (χ0) is 15.1. The highest BCUT2D eigenvalue weighted by atomic mass is 16.5. The average molecular weight is 287 g/mol. The van der Waals surface area contributed by atoms with E-state index in [9.17, 15) is 14.4 Å². The number of imide groups is 1. The number of aryl methyl sites for hydroxylation is 1. The molecule has 2 aliphatic heterocycles. The van der Waals surface area contributed by atoms with Crippen LogP contribution in [0.5, 0.6) is 0 Å². The summed E-state index contributed by atoms with van der Waals surface area (Å²) in [5.74, 6) is -2.52. The number of carbonyl (C=O) groups is 3. The van der Waals surface area contributed by atoms with Crippen molar-refractivity contribution in [3.8, 4) is 0 Å². The standard InChI is InChI=1S/C14H13N3O4/c1-7-4-3-5-8(6-7)17-12(18)9-10(13(17)19)15-16-11(9)14(20)21-2/h3-6,9-10,15H,1-2H3. The SMILES string of the molecule is COC(=O)C1=NNC2C(=O)N(c3cccc(C)c3)C(=O)C12. The molecule has 0 aromatic heterocycles. The van der Waals surface area contributed by atoms with Crippen LogP contribution in [0.25, 0.3) is 0 Å². The topological polar surface area (TPSA) is 88.1 Å². The number of hydrogen-bond donors (Lipinski definition) is 1. The van der Waals surface area contributed by atoms with Crippen molar-refractivity contribution in [3.63, 3.8) is 0 Å². The van der Waals surface area contributed by atoms with Gasteiger partial charge in [0, 0.05) is 0 Å². The van der Waals surface area contributed by atoms with Gasteiger partial charge in [0.25, 0.3) is 5.91 Å². The number of esters is 1. The fourth-order valence-electron chi connectivity index (χ4n) is 2.58. The van der Waals surface area contributed by atoms with E-state index in [2.05, 4.69) is 15.3 Å². The maximum absolute atomic E-state index is 12.5. The van der Waals surface area contributed by atoms with E-state index in [4.69, 9.17) is 0 Å². The van der Waals surface area contributed by atoms with Gasteiger partial charge in [-0.2, -0.15) is 5.10 Å². The number of benzene rings is 1. The van der Waals surface area contributed by atoms with Crippen LogP contribution in [0.4, 0.5) is 5.69 Å². The molecule has 2 atom stereocenters. The number of nitrogens with zero attached hydrogens (tertiary/aromatic N) is 2. The molecule has 1 aromatic rings. The molecule has 7 heteroatoms. The summed E-state index contributed by atoms with van der Waals surface area (Å²) >= 11 is 0. The van der Waals surface area contributed by atoms with Crippen LogP contribution in [0, 0.1) is 12.8 Å². The molecule has 2 amide bonds. The van der Waals surface area contributed by atoms with Crippen LogP contribution >= 0.6 is 0 Å². The molecule has 2 unspecified atom stereocenters. The summed E-state index contributed by atoms with van der Waals surface area (Å²) in [7, 11) is 1.21. The fraction of sp³-hybridized carbons (Fsp3) is 0.286. The van der Waals surface area contributed by atoms with E-state index in [0.717, 1.165) is 10.5 Å². The molecule has 1 saturated heterocycles. The highest BCUT2D eigenvalue weighted by Gasteiger charge is 2.55. The largest absolute Gasteiger partial charge is 0.464 e. The van der Waals surface area contributed by atoms with Gasteiger partial charge < -0.3 is 4.74 Å². The van der Waals surface area contributed by atoms with Gasteiger partial charge in [0.15, 0.2) is 5.71 Å². The summed E-state index contributed by atoms with van der Waals surface area (Å²) in [6.45, 7) is 1.87. The summed E-state index contributed by atoms with van der Waals surface area (Å²) in [6, 6.07) is 6.22. The van der Waals surface area contributed by atoms with Gasteiger partial charge >= 0.3 is 5.97 Å². The van der Waals surface area contributed by atoms with Crippen LogP contribution in [0.1, 0.15) is 5.56 Å². The van der Waals surface area contributed by atoms with Crippen LogP contribution < -0.4 is 10.3 Å². The minimum atomic E-state index is -0.925. The number of methoxy groups -OCH3 is 1. The third kappa shape index (κ3) is 1.89. The predicted octanol–water partition coefficient (Wildman–Crippen LogP) is -0.0148. The van der Waals surface area contributed by atoms with E-state index < -0.39 is 29.7 Å². The van der Waals surface area contributed by atoms with E-state index in [-0.39, 0.29) is 5.71 Å². The van der Waals surface area contributed by atoms with Gasteiger partial charge in [0.2, 0.25) is 5.91 Å². The molecule has 1 fully saturated rings. The molecule has 108 valence electrons.